The van der Waals surface area contributed by atoms with Crippen molar-refractivity contribution in [2.45, 2.75) is 46.1 Å². The van der Waals surface area contributed by atoms with Gasteiger partial charge in [-0.2, -0.15) is 5.10 Å². The van der Waals surface area contributed by atoms with Gasteiger partial charge in [0.2, 0.25) is 0 Å². The van der Waals surface area contributed by atoms with Gasteiger partial charge in [-0.25, -0.2) is 4.98 Å². The average Bonchev–Trinajstić information content (AvgIpc) is 2.85. The van der Waals surface area contributed by atoms with Crippen molar-refractivity contribution in [2.24, 2.45) is 7.05 Å². The Balaban J connectivity index is 1.85. The zero-order valence-electron chi connectivity index (χ0n) is 15.0. The fourth-order valence-corrected chi connectivity index (χ4v) is 3.36. The molecule has 24 heavy (non-hydrogen) atoms. The highest BCUT2D eigenvalue weighted by Crippen LogP contribution is 2.22. The fraction of sp³-hybridized carbons (Fsp3) is 0.611. The van der Waals surface area contributed by atoms with Gasteiger partial charge < -0.3 is 9.64 Å². The molecule has 6 heteroatoms. The number of pyridine rings is 1. The van der Waals surface area contributed by atoms with E-state index in [0.29, 0.717) is 12.1 Å². The quantitative estimate of drug-likeness (QED) is 0.864. The molecular weight excluding hydrogens is 304 g/mol. The van der Waals surface area contributed by atoms with Gasteiger partial charge in [-0.1, -0.05) is 6.92 Å². The minimum atomic E-state index is 0.0509. The number of piperidine rings is 1. The summed E-state index contributed by atoms with van der Waals surface area (Å²) in [6.07, 6.45) is 3.17. The van der Waals surface area contributed by atoms with Crippen LogP contribution < -0.4 is 0 Å². The zero-order valence-corrected chi connectivity index (χ0v) is 15.0. The topological polar surface area (TPSA) is 60.2 Å². The first-order valence-corrected chi connectivity index (χ1v) is 8.73. The van der Waals surface area contributed by atoms with Crippen LogP contribution in [0.1, 0.15) is 47.9 Å². The molecular formula is C18H26N4O2. The van der Waals surface area contributed by atoms with Gasteiger partial charge in [-0.15, -0.1) is 0 Å². The number of hydrogen-bond donors (Lipinski definition) is 0. The molecule has 0 aromatic carbocycles. The lowest BCUT2D eigenvalue weighted by molar-refractivity contribution is 0.00207. The smallest absolute Gasteiger partial charge is 0.255 e. The number of aryl methyl sites for hydroxylation is 3. The normalized spacial score (nSPS) is 18.3. The summed E-state index contributed by atoms with van der Waals surface area (Å²) in [6, 6.07) is 1.94. The number of ether oxygens (including phenoxy) is 1. The van der Waals surface area contributed by atoms with Crippen molar-refractivity contribution in [3.8, 4) is 0 Å². The molecule has 0 saturated carbocycles. The van der Waals surface area contributed by atoms with E-state index in [-0.39, 0.29) is 12.0 Å². The van der Waals surface area contributed by atoms with Crippen molar-refractivity contribution in [1.82, 2.24) is 19.7 Å². The molecule has 1 atom stereocenters. The third kappa shape index (κ3) is 3.15. The molecule has 1 amide bonds. The number of aromatic nitrogens is 3. The van der Waals surface area contributed by atoms with Crippen LogP contribution in [0, 0.1) is 13.8 Å². The molecule has 130 valence electrons. The van der Waals surface area contributed by atoms with E-state index in [1.165, 1.54) is 0 Å². The maximum absolute atomic E-state index is 13.0. The van der Waals surface area contributed by atoms with E-state index in [1.807, 2.05) is 31.9 Å². The second-order valence-electron chi connectivity index (χ2n) is 6.59. The van der Waals surface area contributed by atoms with Gasteiger partial charge in [0, 0.05) is 32.1 Å². The lowest BCUT2D eigenvalue weighted by atomic mass is 10.1. The van der Waals surface area contributed by atoms with Gasteiger partial charge in [0.25, 0.3) is 5.91 Å². The molecule has 1 fully saturated rings. The number of likely N-dealkylation sites (tertiary alicyclic amines) is 1. The van der Waals surface area contributed by atoms with Crippen LogP contribution in [-0.2, 0) is 11.8 Å². The summed E-state index contributed by atoms with van der Waals surface area (Å²) < 4.78 is 7.61. The Bertz CT molecular complexity index is 753. The van der Waals surface area contributed by atoms with Crippen molar-refractivity contribution in [1.29, 1.82) is 0 Å². The molecule has 3 rings (SSSR count). The Morgan fingerprint density at radius 1 is 1.38 bits per heavy atom. The highest BCUT2D eigenvalue weighted by molar-refractivity contribution is 5.98. The molecule has 3 heterocycles. The molecule has 1 saturated heterocycles. The minimum Gasteiger partial charge on any atom is -0.376 e. The van der Waals surface area contributed by atoms with Crippen molar-refractivity contribution in [2.75, 3.05) is 19.7 Å². The second kappa shape index (κ2) is 6.89. The molecule has 0 spiro atoms. The summed E-state index contributed by atoms with van der Waals surface area (Å²) in [6.45, 7) is 8.16. The number of carbonyl (C=O) groups is 1. The van der Waals surface area contributed by atoms with Gasteiger partial charge in [0.05, 0.1) is 23.1 Å². The predicted molar refractivity (Wildman–Crippen MR) is 93.2 cm³/mol. The lowest BCUT2D eigenvalue weighted by Gasteiger charge is -2.33. The molecule has 0 radical (unpaired) electrons. The minimum absolute atomic E-state index is 0.0509. The summed E-state index contributed by atoms with van der Waals surface area (Å²) >= 11 is 0. The summed E-state index contributed by atoms with van der Waals surface area (Å²) in [5.74, 6) is 0.0509. The van der Waals surface area contributed by atoms with Crippen LogP contribution in [0.5, 0.6) is 0 Å². The first kappa shape index (κ1) is 16.9. The number of rotatable bonds is 4. The van der Waals surface area contributed by atoms with Crippen LogP contribution in [0.25, 0.3) is 11.0 Å². The molecule has 1 aliphatic rings. The van der Waals surface area contributed by atoms with Crippen LogP contribution in [0.15, 0.2) is 6.07 Å². The first-order chi connectivity index (χ1) is 11.5. The summed E-state index contributed by atoms with van der Waals surface area (Å²) in [5.41, 5.74) is 3.16. The monoisotopic (exact) mass is 330 g/mol. The molecule has 0 N–H and O–H groups in total. The van der Waals surface area contributed by atoms with Gasteiger partial charge in [-0.05, 0) is 39.2 Å². The van der Waals surface area contributed by atoms with Crippen LogP contribution in [0.2, 0.25) is 0 Å². The van der Waals surface area contributed by atoms with Crippen LogP contribution in [0.4, 0.5) is 0 Å². The highest BCUT2D eigenvalue weighted by Gasteiger charge is 2.26. The number of amides is 1. The van der Waals surface area contributed by atoms with Crippen LogP contribution in [-0.4, -0.2) is 51.4 Å². The SMILES string of the molecule is CCCO[C@@H]1CCCN(C(=O)c2cc3c(C)nn(C)c3nc2C)C1. The zero-order chi connectivity index (χ0) is 17.3. The van der Waals surface area contributed by atoms with E-state index < -0.39 is 0 Å². The first-order valence-electron chi connectivity index (χ1n) is 8.73. The molecule has 2 aromatic rings. The molecule has 0 bridgehead atoms. The fourth-order valence-electron chi connectivity index (χ4n) is 3.36. The molecule has 1 aliphatic heterocycles. The van der Waals surface area contributed by atoms with Gasteiger partial charge in [0.1, 0.15) is 0 Å². The Morgan fingerprint density at radius 2 is 2.17 bits per heavy atom. The van der Waals surface area contributed by atoms with E-state index in [9.17, 15) is 4.79 Å². The third-order valence-electron chi connectivity index (χ3n) is 4.64. The van der Waals surface area contributed by atoms with Crippen LogP contribution >= 0.6 is 0 Å². The largest absolute Gasteiger partial charge is 0.376 e. The number of nitrogens with zero attached hydrogens (tertiary/aromatic N) is 4. The Labute approximate surface area is 142 Å². The van der Waals surface area contributed by atoms with Crippen molar-refractivity contribution >= 4 is 16.9 Å². The number of hydrogen-bond acceptors (Lipinski definition) is 4. The maximum atomic E-state index is 13.0. The molecule has 6 nitrogen and oxygen atoms in total. The number of carbonyl (C=O) groups excluding carboxylic acids is 1. The number of fused-ring (bicyclic) bond motifs is 1. The maximum Gasteiger partial charge on any atom is 0.255 e. The predicted octanol–water partition coefficient (Wildman–Crippen LogP) is 2.62. The summed E-state index contributed by atoms with van der Waals surface area (Å²) in [4.78, 5) is 19.5. The highest BCUT2D eigenvalue weighted by atomic mass is 16.5. The van der Waals surface area contributed by atoms with E-state index in [4.69, 9.17) is 4.74 Å². The van der Waals surface area contributed by atoms with Gasteiger partial charge in [0.15, 0.2) is 5.65 Å². The van der Waals surface area contributed by atoms with Gasteiger partial charge >= 0.3 is 0 Å². The molecule has 2 aromatic heterocycles. The van der Waals surface area contributed by atoms with E-state index in [2.05, 4.69) is 17.0 Å². The second-order valence-corrected chi connectivity index (χ2v) is 6.59. The summed E-state index contributed by atoms with van der Waals surface area (Å²) in [7, 11) is 1.88. The van der Waals surface area contributed by atoms with Crippen molar-refractivity contribution < 1.29 is 9.53 Å². The molecule has 0 aliphatic carbocycles. The standard InChI is InChI=1S/C18H26N4O2/c1-5-9-24-14-7-6-8-22(11-14)18(23)16-10-15-13(3)20-21(4)17(15)19-12(16)2/h10,14H,5-9,11H2,1-4H3/t14-/m1/s1. The van der Waals surface area contributed by atoms with Crippen molar-refractivity contribution in [3.05, 3.63) is 23.0 Å². The van der Waals surface area contributed by atoms with Gasteiger partial charge in [-0.3, -0.25) is 9.48 Å². The lowest BCUT2D eigenvalue weighted by Crippen LogP contribution is -2.43. The average molecular weight is 330 g/mol. The summed E-state index contributed by atoms with van der Waals surface area (Å²) in [5, 5.41) is 5.35. The Morgan fingerprint density at radius 3 is 2.92 bits per heavy atom. The van der Waals surface area contributed by atoms with Crippen molar-refractivity contribution in [3.63, 3.8) is 0 Å². The van der Waals surface area contributed by atoms with Crippen LogP contribution in [0.3, 0.4) is 0 Å². The van der Waals surface area contributed by atoms with E-state index in [1.54, 1.807) is 4.68 Å². The van der Waals surface area contributed by atoms with E-state index >= 15 is 0 Å². The molecule has 0 unspecified atom stereocenters. The Hall–Kier alpha value is -1.95. The third-order valence-corrected chi connectivity index (χ3v) is 4.64. The Kier molecular flexibility index (Phi) is 4.85. The van der Waals surface area contributed by atoms with E-state index in [0.717, 1.165) is 54.8 Å².